The highest BCUT2D eigenvalue weighted by molar-refractivity contribution is 6.33. The average molecular weight is 271 g/mol. The Hall–Kier alpha value is -1.42. The normalized spacial score (nSPS) is 10.3. The number of benzene rings is 1. The summed E-state index contributed by atoms with van der Waals surface area (Å²) < 4.78 is 5.10. The number of carbonyl (C=O) groups excluding carboxylic acids is 1. The van der Waals surface area contributed by atoms with Gasteiger partial charge in [0.05, 0.1) is 24.4 Å². The molecular weight excluding hydrogens is 252 g/mol. The van der Waals surface area contributed by atoms with E-state index in [-0.39, 0.29) is 12.5 Å². The van der Waals surface area contributed by atoms with Gasteiger partial charge >= 0.3 is 0 Å². The quantitative estimate of drug-likeness (QED) is 0.835. The van der Waals surface area contributed by atoms with E-state index in [1.165, 1.54) is 0 Å². The van der Waals surface area contributed by atoms with Crippen molar-refractivity contribution in [1.29, 1.82) is 0 Å². The second-order valence-corrected chi connectivity index (χ2v) is 4.80. The van der Waals surface area contributed by atoms with Crippen molar-refractivity contribution in [2.75, 3.05) is 25.5 Å². The van der Waals surface area contributed by atoms with E-state index in [0.29, 0.717) is 28.9 Å². The summed E-state index contributed by atoms with van der Waals surface area (Å²) in [5.41, 5.74) is 0.690. The second kappa shape index (κ2) is 7.11. The lowest BCUT2D eigenvalue weighted by atomic mass is 10.2. The number of ether oxygens (including phenoxy) is 1. The van der Waals surface area contributed by atoms with Gasteiger partial charge in [-0.3, -0.25) is 4.79 Å². The van der Waals surface area contributed by atoms with Gasteiger partial charge < -0.3 is 15.4 Å². The van der Waals surface area contributed by atoms with Crippen molar-refractivity contribution in [3.63, 3.8) is 0 Å². The number of hydrogen-bond donors (Lipinski definition) is 2. The maximum Gasteiger partial charge on any atom is 0.239 e. The van der Waals surface area contributed by atoms with Crippen molar-refractivity contribution >= 4 is 23.2 Å². The molecule has 0 heterocycles. The van der Waals surface area contributed by atoms with Gasteiger partial charge in [0.1, 0.15) is 5.75 Å². The highest BCUT2D eigenvalue weighted by Gasteiger charge is 2.05. The zero-order valence-electron chi connectivity index (χ0n) is 10.9. The molecule has 1 aromatic rings. The van der Waals surface area contributed by atoms with E-state index in [1.807, 2.05) is 13.8 Å². The first kappa shape index (κ1) is 14.6. The lowest BCUT2D eigenvalue weighted by Crippen LogP contribution is -2.32. The number of hydrogen-bond acceptors (Lipinski definition) is 3. The molecule has 0 aliphatic carbocycles. The smallest absolute Gasteiger partial charge is 0.239 e. The third-order valence-corrected chi connectivity index (χ3v) is 2.65. The van der Waals surface area contributed by atoms with Crippen LogP contribution in [0.5, 0.6) is 5.75 Å². The van der Waals surface area contributed by atoms with E-state index in [1.54, 1.807) is 25.3 Å². The first-order valence-corrected chi connectivity index (χ1v) is 6.25. The van der Waals surface area contributed by atoms with Gasteiger partial charge in [0.25, 0.3) is 0 Å². The van der Waals surface area contributed by atoms with Crippen LogP contribution in [0.1, 0.15) is 13.8 Å². The standard InChI is InChI=1S/C13H19ClN2O2/c1-9(2)7-16-13(17)8-15-12-6-10(18-3)4-5-11(12)14/h4-6,9,15H,7-8H2,1-3H3,(H,16,17). The molecule has 1 rings (SSSR count). The first-order chi connectivity index (χ1) is 8.52. The van der Waals surface area contributed by atoms with Crippen molar-refractivity contribution in [2.24, 2.45) is 5.92 Å². The fraction of sp³-hybridized carbons (Fsp3) is 0.462. The van der Waals surface area contributed by atoms with Crippen LogP contribution in [0.3, 0.4) is 0 Å². The van der Waals surface area contributed by atoms with Crippen molar-refractivity contribution in [1.82, 2.24) is 5.32 Å². The van der Waals surface area contributed by atoms with Gasteiger partial charge in [-0.05, 0) is 18.1 Å². The molecule has 5 heteroatoms. The maximum atomic E-state index is 11.5. The zero-order valence-corrected chi connectivity index (χ0v) is 11.7. The van der Waals surface area contributed by atoms with Crippen molar-refractivity contribution in [2.45, 2.75) is 13.8 Å². The Labute approximate surface area is 113 Å². The molecule has 0 atom stereocenters. The van der Waals surface area contributed by atoms with Gasteiger partial charge in [-0.25, -0.2) is 0 Å². The predicted molar refractivity (Wildman–Crippen MR) is 74.3 cm³/mol. The highest BCUT2D eigenvalue weighted by Crippen LogP contribution is 2.26. The molecular formula is C13H19ClN2O2. The van der Waals surface area contributed by atoms with Crippen LogP contribution in [0.25, 0.3) is 0 Å². The monoisotopic (exact) mass is 270 g/mol. The Morgan fingerprint density at radius 1 is 1.44 bits per heavy atom. The summed E-state index contributed by atoms with van der Waals surface area (Å²) in [6, 6.07) is 5.26. The van der Waals surface area contributed by atoms with Gasteiger partial charge in [-0.2, -0.15) is 0 Å². The van der Waals surface area contributed by atoms with Crippen LogP contribution >= 0.6 is 11.6 Å². The van der Waals surface area contributed by atoms with Gasteiger partial charge in [0.15, 0.2) is 0 Å². The molecule has 0 fully saturated rings. The molecule has 0 aromatic heterocycles. The summed E-state index contributed by atoms with van der Waals surface area (Å²) in [6.45, 7) is 4.96. The number of methoxy groups -OCH3 is 1. The third-order valence-electron chi connectivity index (χ3n) is 2.32. The topological polar surface area (TPSA) is 50.4 Å². The molecule has 0 unspecified atom stereocenters. The van der Waals surface area contributed by atoms with Crippen LogP contribution in [0.15, 0.2) is 18.2 Å². The molecule has 4 nitrogen and oxygen atoms in total. The summed E-state index contributed by atoms with van der Waals surface area (Å²) >= 11 is 6.01. The fourth-order valence-corrected chi connectivity index (χ4v) is 1.51. The Kier molecular flexibility index (Phi) is 5.78. The fourth-order valence-electron chi connectivity index (χ4n) is 1.32. The largest absolute Gasteiger partial charge is 0.497 e. The summed E-state index contributed by atoms with van der Waals surface area (Å²) in [4.78, 5) is 11.5. The molecule has 1 amide bonds. The number of amides is 1. The van der Waals surface area contributed by atoms with Crippen LogP contribution in [-0.2, 0) is 4.79 Å². The van der Waals surface area contributed by atoms with Crippen molar-refractivity contribution < 1.29 is 9.53 Å². The molecule has 0 spiro atoms. The summed E-state index contributed by atoms with van der Waals surface area (Å²) in [7, 11) is 1.59. The highest BCUT2D eigenvalue weighted by atomic mass is 35.5. The Morgan fingerprint density at radius 3 is 2.78 bits per heavy atom. The number of rotatable bonds is 6. The lowest BCUT2D eigenvalue weighted by molar-refractivity contribution is -0.119. The Bertz CT molecular complexity index is 408. The summed E-state index contributed by atoms with van der Waals surface area (Å²) in [5, 5.41) is 6.37. The van der Waals surface area contributed by atoms with Crippen LogP contribution in [0, 0.1) is 5.92 Å². The van der Waals surface area contributed by atoms with Crippen LogP contribution in [0.2, 0.25) is 5.02 Å². The molecule has 2 N–H and O–H groups in total. The zero-order chi connectivity index (χ0) is 13.5. The van der Waals surface area contributed by atoms with Crippen LogP contribution in [-0.4, -0.2) is 26.1 Å². The number of halogens is 1. The number of carbonyl (C=O) groups is 1. The molecule has 0 aliphatic rings. The van der Waals surface area contributed by atoms with Crippen molar-refractivity contribution in [3.8, 4) is 5.75 Å². The summed E-state index contributed by atoms with van der Waals surface area (Å²) in [5.74, 6) is 1.08. The van der Waals surface area contributed by atoms with E-state index in [0.717, 1.165) is 0 Å². The SMILES string of the molecule is COc1ccc(Cl)c(NCC(=O)NCC(C)C)c1. The van der Waals surface area contributed by atoms with E-state index in [2.05, 4.69) is 10.6 Å². The van der Waals surface area contributed by atoms with Crippen molar-refractivity contribution in [3.05, 3.63) is 23.2 Å². The molecule has 0 saturated heterocycles. The van der Waals surface area contributed by atoms with Crippen LogP contribution < -0.4 is 15.4 Å². The molecule has 0 saturated carbocycles. The Morgan fingerprint density at radius 2 is 2.17 bits per heavy atom. The molecule has 100 valence electrons. The minimum absolute atomic E-state index is 0.0532. The van der Waals surface area contributed by atoms with Gasteiger partial charge in [-0.1, -0.05) is 25.4 Å². The Balaban J connectivity index is 2.50. The lowest BCUT2D eigenvalue weighted by Gasteiger charge is -2.11. The van der Waals surface area contributed by atoms with Gasteiger partial charge in [-0.15, -0.1) is 0 Å². The number of anilines is 1. The third kappa shape index (κ3) is 4.84. The minimum atomic E-state index is -0.0532. The van der Waals surface area contributed by atoms with Gasteiger partial charge in [0.2, 0.25) is 5.91 Å². The molecule has 0 radical (unpaired) electrons. The molecule has 0 bridgehead atoms. The summed E-state index contributed by atoms with van der Waals surface area (Å²) in [6.07, 6.45) is 0. The molecule has 1 aromatic carbocycles. The minimum Gasteiger partial charge on any atom is -0.497 e. The number of nitrogens with one attached hydrogen (secondary N) is 2. The van der Waals surface area contributed by atoms with E-state index < -0.39 is 0 Å². The van der Waals surface area contributed by atoms with Gasteiger partial charge in [0, 0.05) is 12.6 Å². The van der Waals surface area contributed by atoms with E-state index in [9.17, 15) is 4.79 Å². The molecule has 18 heavy (non-hydrogen) atoms. The maximum absolute atomic E-state index is 11.5. The average Bonchev–Trinajstić information content (AvgIpc) is 2.35. The first-order valence-electron chi connectivity index (χ1n) is 5.87. The second-order valence-electron chi connectivity index (χ2n) is 4.40. The van der Waals surface area contributed by atoms with E-state index >= 15 is 0 Å². The predicted octanol–water partition coefficient (Wildman–Crippen LogP) is 2.53. The molecule has 0 aliphatic heterocycles. The van der Waals surface area contributed by atoms with E-state index in [4.69, 9.17) is 16.3 Å². The van der Waals surface area contributed by atoms with Crippen LogP contribution in [0.4, 0.5) is 5.69 Å².